The van der Waals surface area contributed by atoms with Crippen molar-refractivity contribution in [1.29, 1.82) is 0 Å². The number of aryl methyl sites for hydroxylation is 1. The lowest BCUT2D eigenvalue weighted by Gasteiger charge is -2.23. The average molecular weight is 304 g/mol. The molecule has 0 amide bonds. The number of hydrogen-bond acceptors (Lipinski definition) is 7. The molecule has 0 saturated heterocycles. The Hall–Kier alpha value is -2.55. The van der Waals surface area contributed by atoms with Crippen LogP contribution in [-0.4, -0.2) is 31.8 Å². The largest absolute Gasteiger partial charge is 0.377 e. The Bertz CT molecular complexity index is 669. The fourth-order valence-electron chi connectivity index (χ4n) is 2.48. The molecule has 0 aromatic carbocycles. The van der Waals surface area contributed by atoms with E-state index < -0.39 is 4.92 Å². The summed E-state index contributed by atoms with van der Waals surface area (Å²) in [6.07, 6.45) is 3.13. The summed E-state index contributed by atoms with van der Waals surface area (Å²) >= 11 is 0. The molecule has 0 radical (unpaired) electrons. The minimum atomic E-state index is -0.467. The number of nitrogens with zero attached hydrogens (tertiary/aromatic N) is 5. The Morgan fingerprint density at radius 2 is 2.41 bits per heavy atom. The van der Waals surface area contributed by atoms with E-state index in [1.165, 1.54) is 12.3 Å². The van der Waals surface area contributed by atoms with E-state index in [0.717, 1.165) is 25.2 Å². The van der Waals surface area contributed by atoms with Crippen molar-refractivity contribution in [2.45, 2.75) is 32.0 Å². The van der Waals surface area contributed by atoms with Gasteiger partial charge in [0.05, 0.1) is 11.0 Å². The molecule has 116 valence electrons. The first-order valence-electron chi connectivity index (χ1n) is 6.97. The molecule has 0 fully saturated rings. The van der Waals surface area contributed by atoms with Gasteiger partial charge in [0.1, 0.15) is 24.4 Å². The molecule has 2 aromatic heterocycles. The molecule has 1 aliphatic heterocycles. The van der Waals surface area contributed by atoms with E-state index in [0.29, 0.717) is 18.2 Å². The first kappa shape index (κ1) is 14.4. The lowest BCUT2D eigenvalue weighted by Crippen LogP contribution is -2.23. The Morgan fingerprint density at radius 3 is 3.09 bits per heavy atom. The minimum Gasteiger partial charge on any atom is -0.377 e. The number of pyridine rings is 1. The van der Waals surface area contributed by atoms with Gasteiger partial charge < -0.3 is 10.1 Å². The molecule has 0 bridgehead atoms. The highest BCUT2D eigenvalue weighted by atomic mass is 16.6. The summed E-state index contributed by atoms with van der Waals surface area (Å²) in [5.74, 6) is 2.08. The van der Waals surface area contributed by atoms with Crippen molar-refractivity contribution in [3.8, 4) is 0 Å². The van der Waals surface area contributed by atoms with Crippen LogP contribution < -0.4 is 5.32 Å². The van der Waals surface area contributed by atoms with Gasteiger partial charge in [-0.2, -0.15) is 5.10 Å². The van der Waals surface area contributed by atoms with Crippen molar-refractivity contribution >= 4 is 11.5 Å². The van der Waals surface area contributed by atoms with Crippen molar-refractivity contribution in [1.82, 2.24) is 19.7 Å². The quantitative estimate of drug-likeness (QED) is 0.661. The number of nitrogens with one attached hydrogen (secondary N) is 1. The maximum atomic E-state index is 10.6. The molecule has 3 heterocycles. The summed E-state index contributed by atoms with van der Waals surface area (Å²) < 4.78 is 6.94. The third-order valence-electron chi connectivity index (χ3n) is 3.47. The van der Waals surface area contributed by atoms with Crippen LogP contribution in [0.1, 0.15) is 30.5 Å². The van der Waals surface area contributed by atoms with Gasteiger partial charge in [-0.1, -0.05) is 0 Å². The van der Waals surface area contributed by atoms with Crippen LogP contribution in [-0.2, 0) is 17.9 Å². The molecular formula is C13H16N6O3. The molecular weight excluding hydrogens is 288 g/mol. The monoisotopic (exact) mass is 304 g/mol. The fourth-order valence-corrected chi connectivity index (χ4v) is 2.48. The topological polar surface area (TPSA) is 108 Å². The Kier molecular flexibility index (Phi) is 3.96. The number of anilines is 1. The highest BCUT2D eigenvalue weighted by molar-refractivity contribution is 5.41. The number of aromatic nitrogens is 4. The second-order valence-corrected chi connectivity index (χ2v) is 5.04. The summed E-state index contributed by atoms with van der Waals surface area (Å²) in [6, 6.07) is 3.02. The highest BCUT2D eigenvalue weighted by Gasteiger charge is 2.24. The molecule has 9 heteroatoms. The Morgan fingerprint density at radius 1 is 1.55 bits per heavy atom. The summed E-state index contributed by atoms with van der Waals surface area (Å²) in [4.78, 5) is 18.7. The molecule has 2 aromatic rings. The van der Waals surface area contributed by atoms with E-state index in [2.05, 4.69) is 20.4 Å². The van der Waals surface area contributed by atoms with Crippen LogP contribution in [0, 0.1) is 10.1 Å². The van der Waals surface area contributed by atoms with Crippen molar-refractivity contribution in [3.05, 3.63) is 40.1 Å². The van der Waals surface area contributed by atoms with Crippen molar-refractivity contribution in [3.63, 3.8) is 0 Å². The van der Waals surface area contributed by atoms with Crippen LogP contribution in [0.15, 0.2) is 18.3 Å². The van der Waals surface area contributed by atoms with E-state index in [4.69, 9.17) is 4.74 Å². The van der Waals surface area contributed by atoms with Gasteiger partial charge in [-0.25, -0.2) is 14.6 Å². The van der Waals surface area contributed by atoms with Gasteiger partial charge in [-0.05, 0) is 18.9 Å². The zero-order valence-corrected chi connectivity index (χ0v) is 12.1. The van der Waals surface area contributed by atoms with Crippen LogP contribution in [0.5, 0.6) is 0 Å². The number of fused-ring (bicyclic) bond motifs is 1. The van der Waals surface area contributed by atoms with Crippen molar-refractivity contribution in [2.24, 2.45) is 0 Å². The van der Waals surface area contributed by atoms with E-state index >= 15 is 0 Å². The fraction of sp³-hybridized carbons (Fsp3) is 0.462. The standard InChI is InChI=1S/C13H16N6O3/c1-22-8-12-16-13-10(3-2-6-18(13)17-12)15-11-5-4-9(7-14-11)19(20)21/h4-5,7,10H,2-3,6,8H2,1H3,(H,14,15). The smallest absolute Gasteiger partial charge is 0.287 e. The molecule has 22 heavy (non-hydrogen) atoms. The summed E-state index contributed by atoms with van der Waals surface area (Å²) in [5.41, 5.74) is -0.0280. The molecule has 9 nitrogen and oxygen atoms in total. The van der Waals surface area contributed by atoms with Gasteiger partial charge in [-0.3, -0.25) is 10.1 Å². The van der Waals surface area contributed by atoms with E-state index in [1.54, 1.807) is 13.2 Å². The molecule has 1 atom stereocenters. The van der Waals surface area contributed by atoms with Crippen LogP contribution >= 0.6 is 0 Å². The Labute approximate surface area is 126 Å². The van der Waals surface area contributed by atoms with E-state index in [1.807, 2.05) is 4.68 Å². The SMILES string of the molecule is COCc1nc2n(n1)CCCC2Nc1ccc([N+](=O)[O-])cn1. The van der Waals surface area contributed by atoms with Gasteiger partial charge in [0, 0.05) is 19.7 Å². The normalized spacial score (nSPS) is 17.0. The molecule has 0 spiro atoms. The number of hydrogen-bond donors (Lipinski definition) is 1. The molecule has 3 rings (SSSR count). The maximum absolute atomic E-state index is 10.6. The number of ether oxygens (including phenoxy) is 1. The zero-order valence-electron chi connectivity index (χ0n) is 12.1. The van der Waals surface area contributed by atoms with Gasteiger partial charge in [0.25, 0.3) is 5.69 Å². The molecule has 1 aliphatic rings. The van der Waals surface area contributed by atoms with E-state index in [9.17, 15) is 10.1 Å². The van der Waals surface area contributed by atoms with E-state index in [-0.39, 0.29) is 11.7 Å². The van der Waals surface area contributed by atoms with Crippen LogP contribution in [0.25, 0.3) is 0 Å². The summed E-state index contributed by atoms with van der Waals surface area (Å²) in [5, 5.41) is 18.3. The highest BCUT2D eigenvalue weighted by Crippen LogP contribution is 2.27. The number of nitro groups is 1. The van der Waals surface area contributed by atoms with Gasteiger partial charge in [0.2, 0.25) is 0 Å². The van der Waals surface area contributed by atoms with Crippen LogP contribution in [0.4, 0.5) is 11.5 Å². The maximum Gasteiger partial charge on any atom is 0.287 e. The lowest BCUT2D eigenvalue weighted by atomic mass is 10.1. The molecule has 0 saturated carbocycles. The predicted octanol–water partition coefficient (Wildman–Crippen LogP) is 1.67. The van der Waals surface area contributed by atoms with Crippen LogP contribution in [0.3, 0.4) is 0 Å². The first-order valence-corrected chi connectivity index (χ1v) is 6.97. The van der Waals surface area contributed by atoms with Gasteiger partial charge in [0.15, 0.2) is 5.82 Å². The molecule has 1 N–H and O–H groups in total. The number of methoxy groups -OCH3 is 1. The second-order valence-electron chi connectivity index (χ2n) is 5.04. The minimum absolute atomic E-state index is 0.0131. The second kappa shape index (κ2) is 6.06. The number of rotatable bonds is 5. The molecule has 1 unspecified atom stereocenters. The van der Waals surface area contributed by atoms with Crippen molar-refractivity contribution in [2.75, 3.05) is 12.4 Å². The van der Waals surface area contributed by atoms with Crippen LogP contribution in [0.2, 0.25) is 0 Å². The molecule has 0 aliphatic carbocycles. The van der Waals surface area contributed by atoms with Gasteiger partial charge in [-0.15, -0.1) is 0 Å². The average Bonchev–Trinajstić information content (AvgIpc) is 2.92. The lowest BCUT2D eigenvalue weighted by molar-refractivity contribution is -0.385. The summed E-state index contributed by atoms with van der Waals surface area (Å²) in [6.45, 7) is 1.21. The Balaban J connectivity index is 1.77. The van der Waals surface area contributed by atoms with Gasteiger partial charge >= 0.3 is 0 Å². The summed E-state index contributed by atoms with van der Waals surface area (Å²) in [7, 11) is 1.61. The van der Waals surface area contributed by atoms with Crippen molar-refractivity contribution < 1.29 is 9.66 Å². The third kappa shape index (κ3) is 2.89. The predicted molar refractivity (Wildman–Crippen MR) is 77.2 cm³/mol. The first-order chi connectivity index (χ1) is 10.7. The third-order valence-corrected chi connectivity index (χ3v) is 3.47. The zero-order chi connectivity index (χ0) is 15.5.